The second-order valence-corrected chi connectivity index (χ2v) is 6.03. The fourth-order valence-corrected chi connectivity index (χ4v) is 2.90. The predicted molar refractivity (Wildman–Crippen MR) is 107 cm³/mol. The normalized spacial score (nSPS) is 10.2. The third kappa shape index (κ3) is 3.98. The minimum absolute atomic E-state index is 0.0429. The first-order chi connectivity index (χ1) is 11.7. The fraction of sp³-hybridized carbons (Fsp3) is 0.0455. The summed E-state index contributed by atoms with van der Waals surface area (Å²) < 4.78 is 0. The molecule has 4 aromatic carbocycles. The van der Waals surface area contributed by atoms with Crippen LogP contribution in [0.2, 0.25) is 0 Å². The van der Waals surface area contributed by atoms with Crippen LogP contribution in [0.25, 0.3) is 21.5 Å². The van der Waals surface area contributed by atoms with Crippen LogP contribution < -0.4 is 0 Å². The van der Waals surface area contributed by atoms with Crippen LogP contribution >= 0.6 is 12.2 Å². The highest BCUT2D eigenvalue weighted by Gasteiger charge is 2.01. The predicted octanol–water partition coefficient (Wildman–Crippen LogP) is 6.11. The fourth-order valence-electron chi connectivity index (χ4n) is 2.74. The molecule has 1 N–H and O–H groups in total. The molecule has 0 fully saturated rings. The average Bonchev–Trinajstić information content (AvgIpc) is 2.62. The van der Waals surface area contributed by atoms with Gasteiger partial charge < -0.3 is 5.11 Å². The molecule has 0 saturated heterocycles. The summed E-state index contributed by atoms with van der Waals surface area (Å²) in [5.41, 5.74) is 1.08. The van der Waals surface area contributed by atoms with E-state index in [0.29, 0.717) is 6.42 Å². The third-order valence-electron chi connectivity index (χ3n) is 3.88. The van der Waals surface area contributed by atoms with Gasteiger partial charge in [0, 0.05) is 6.42 Å². The van der Waals surface area contributed by atoms with Crippen LogP contribution in [0.15, 0.2) is 91.0 Å². The summed E-state index contributed by atoms with van der Waals surface area (Å²) in [5, 5.41) is 14.1. The van der Waals surface area contributed by atoms with Gasteiger partial charge in [0.2, 0.25) is 0 Å². The van der Waals surface area contributed by atoms with E-state index in [1.54, 1.807) is 0 Å². The highest BCUT2D eigenvalue weighted by atomic mass is 32.1. The third-order valence-corrected chi connectivity index (χ3v) is 4.02. The van der Waals surface area contributed by atoms with Gasteiger partial charge >= 0.3 is 0 Å². The van der Waals surface area contributed by atoms with Crippen molar-refractivity contribution in [1.29, 1.82) is 0 Å². The molecule has 0 spiro atoms. The zero-order valence-corrected chi connectivity index (χ0v) is 14.0. The van der Waals surface area contributed by atoms with Crippen molar-refractivity contribution < 1.29 is 5.11 Å². The topological polar surface area (TPSA) is 20.2 Å². The summed E-state index contributed by atoms with van der Waals surface area (Å²) in [6, 6.07) is 30.8. The van der Waals surface area contributed by atoms with E-state index in [9.17, 15) is 0 Å². The number of benzene rings is 4. The van der Waals surface area contributed by atoms with Gasteiger partial charge in [-0.1, -0.05) is 91.0 Å². The number of fused-ring (bicyclic) bond motifs is 2. The Morgan fingerprint density at radius 2 is 1.08 bits per heavy atom. The van der Waals surface area contributed by atoms with Crippen molar-refractivity contribution >= 4 is 38.8 Å². The van der Waals surface area contributed by atoms with Crippen molar-refractivity contribution in [3.8, 4) is 0 Å². The minimum atomic E-state index is 0.0429. The molecule has 0 bridgehead atoms. The van der Waals surface area contributed by atoms with Gasteiger partial charge in [0.05, 0.1) is 0 Å². The van der Waals surface area contributed by atoms with E-state index < -0.39 is 0 Å². The molecule has 0 aromatic heterocycles. The Labute approximate surface area is 147 Å². The van der Waals surface area contributed by atoms with Crippen LogP contribution in [-0.2, 0) is 6.42 Å². The first-order valence-corrected chi connectivity index (χ1v) is 8.27. The summed E-state index contributed by atoms with van der Waals surface area (Å²) in [6.07, 6.45) is 0.455. The van der Waals surface area contributed by atoms with Gasteiger partial charge in [-0.05, 0) is 39.3 Å². The number of aliphatic hydroxyl groups excluding tert-OH is 1. The van der Waals surface area contributed by atoms with Crippen molar-refractivity contribution in [2.24, 2.45) is 0 Å². The average molecular weight is 330 g/mol. The van der Waals surface area contributed by atoms with Crippen LogP contribution in [-0.4, -0.2) is 10.2 Å². The molecule has 2 heteroatoms. The Hall–Kier alpha value is -2.71. The first kappa shape index (κ1) is 16.2. The van der Waals surface area contributed by atoms with Crippen LogP contribution in [0.3, 0.4) is 0 Å². The minimum Gasteiger partial charge on any atom is -0.502 e. The second kappa shape index (κ2) is 7.71. The summed E-state index contributed by atoms with van der Waals surface area (Å²) in [5.74, 6) is 0. The largest absolute Gasteiger partial charge is 0.502 e. The molecular weight excluding hydrogens is 312 g/mol. The maximum atomic E-state index is 9.10. The first-order valence-electron chi connectivity index (χ1n) is 7.86. The Morgan fingerprint density at radius 3 is 1.62 bits per heavy atom. The summed E-state index contributed by atoms with van der Waals surface area (Å²) in [4.78, 5) is 0. The Bertz CT molecular complexity index is 905. The van der Waals surface area contributed by atoms with E-state index in [0.717, 1.165) is 10.9 Å². The van der Waals surface area contributed by atoms with Gasteiger partial charge in [-0.2, -0.15) is 0 Å². The highest BCUT2D eigenvalue weighted by Crippen LogP contribution is 2.18. The number of hydrogen-bond acceptors (Lipinski definition) is 1. The Morgan fingerprint density at radius 1 is 0.625 bits per heavy atom. The maximum Gasteiger partial charge on any atom is 0.160 e. The quantitative estimate of drug-likeness (QED) is 0.448. The molecule has 0 aliphatic rings. The molecule has 4 aromatic rings. The SMILES string of the molecule is OC(=S)Cc1cccc2ccccc12.c1ccc2ccccc2c1. The molecule has 24 heavy (non-hydrogen) atoms. The van der Waals surface area contributed by atoms with Crippen LogP contribution in [0.1, 0.15) is 5.56 Å². The van der Waals surface area contributed by atoms with Crippen molar-refractivity contribution in [2.45, 2.75) is 6.42 Å². The van der Waals surface area contributed by atoms with E-state index in [1.807, 2.05) is 30.3 Å². The van der Waals surface area contributed by atoms with Gasteiger partial charge in [-0.3, -0.25) is 0 Å². The van der Waals surface area contributed by atoms with Gasteiger partial charge in [-0.25, -0.2) is 0 Å². The molecule has 0 unspecified atom stereocenters. The van der Waals surface area contributed by atoms with Crippen molar-refractivity contribution in [2.75, 3.05) is 0 Å². The van der Waals surface area contributed by atoms with E-state index >= 15 is 0 Å². The molecule has 0 aliphatic heterocycles. The summed E-state index contributed by atoms with van der Waals surface area (Å²) >= 11 is 4.70. The van der Waals surface area contributed by atoms with E-state index in [1.165, 1.54) is 16.2 Å². The zero-order valence-electron chi connectivity index (χ0n) is 13.2. The van der Waals surface area contributed by atoms with Gasteiger partial charge in [0.15, 0.2) is 5.05 Å². The van der Waals surface area contributed by atoms with Gasteiger partial charge in [0.1, 0.15) is 0 Å². The molecule has 0 amide bonds. The standard InChI is InChI=1S/C12H10OS.C10H8/c13-12(14)8-10-6-3-5-9-4-1-2-7-11(9)10;1-2-6-10-8-4-3-7-9(10)5-1/h1-7H,8H2,(H,13,14);1-8H. The smallest absolute Gasteiger partial charge is 0.160 e. The Balaban J connectivity index is 0.000000149. The second-order valence-electron chi connectivity index (χ2n) is 5.56. The van der Waals surface area contributed by atoms with Gasteiger partial charge in [0.25, 0.3) is 0 Å². The van der Waals surface area contributed by atoms with Gasteiger partial charge in [-0.15, -0.1) is 0 Å². The molecular formula is C22H18OS. The lowest BCUT2D eigenvalue weighted by Gasteiger charge is -2.04. The lowest BCUT2D eigenvalue weighted by atomic mass is 10.0. The molecule has 0 atom stereocenters. The molecule has 0 radical (unpaired) electrons. The zero-order chi connectivity index (χ0) is 16.8. The van der Waals surface area contributed by atoms with Crippen LogP contribution in [0.4, 0.5) is 0 Å². The molecule has 4 rings (SSSR count). The van der Waals surface area contributed by atoms with Crippen LogP contribution in [0, 0.1) is 0 Å². The monoisotopic (exact) mass is 330 g/mol. The Kier molecular flexibility index (Phi) is 5.19. The highest BCUT2D eigenvalue weighted by molar-refractivity contribution is 7.80. The van der Waals surface area contributed by atoms with Crippen LogP contribution in [0.5, 0.6) is 0 Å². The number of rotatable bonds is 2. The molecule has 0 saturated carbocycles. The van der Waals surface area contributed by atoms with Crippen molar-refractivity contribution in [3.05, 3.63) is 96.6 Å². The number of thiocarbonyl (C=S) groups is 1. The summed E-state index contributed by atoms with van der Waals surface area (Å²) in [7, 11) is 0. The number of hydrogen-bond donors (Lipinski definition) is 1. The summed E-state index contributed by atoms with van der Waals surface area (Å²) in [6.45, 7) is 0. The lowest BCUT2D eigenvalue weighted by Crippen LogP contribution is -1.97. The molecule has 118 valence electrons. The molecule has 0 heterocycles. The van der Waals surface area contributed by atoms with Crippen molar-refractivity contribution in [1.82, 2.24) is 0 Å². The van der Waals surface area contributed by atoms with E-state index in [2.05, 4.69) is 60.7 Å². The molecule has 0 aliphatic carbocycles. The van der Waals surface area contributed by atoms with E-state index in [-0.39, 0.29) is 5.05 Å². The van der Waals surface area contributed by atoms with E-state index in [4.69, 9.17) is 17.3 Å². The maximum absolute atomic E-state index is 9.10. The lowest BCUT2D eigenvalue weighted by molar-refractivity contribution is 0.556. The molecule has 1 nitrogen and oxygen atoms in total. The number of aliphatic hydroxyl groups is 1. The van der Waals surface area contributed by atoms with Crippen molar-refractivity contribution in [3.63, 3.8) is 0 Å².